The molecule has 3 N–H and O–H groups in total. The molecule has 0 aliphatic heterocycles. The van der Waals surface area contributed by atoms with E-state index in [0.717, 1.165) is 0 Å². The minimum atomic E-state index is -0.531. The van der Waals surface area contributed by atoms with E-state index in [9.17, 15) is 4.39 Å². The summed E-state index contributed by atoms with van der Waals surface area (Å²) in [4.78, 5) is 0. The molecule has 1 atom stereocenters. The van der Waals surface area contributed by atoms with E-state index in [4.69, 9.17) is 15.6 Å². The normalized spacial score (nSPS) is 11.7. The predicted octanol–water partition coefficient (Wildman–Crippen LogP) is 1.64. The quantitative estimate of drug-likeness (QED) is 0.834. The molecule has 0 aromatic heterocycles. The highest BCUT2D eigenvalue weighted by atomic mass is 35.5. The third-order valence-electron chi connectivity index (χ3n) is 2.04. The number of nitrogens with two attached hydrogens (primary N) is 1. The molecule has 0 spiro atoms. The Labute approximate surface area is 94.5 Å². The van der Waals surface area contributed by atoms with E-state index < -0.39 is 11.9 Å². The van der Waals surface area contributed by atoms with Crippen LogP contribution in [0.2, 0.25) is 0 Å². The van der Waals surface area contributed by atoms with Crippen LogP contribution in [0.15, 0.2) is 18.2 Å². The second-order valence-electron chi connectivity index (χ2n) is 2.97. The SMILES string of the molecule is COc1cccc(F)c1C(N)CCO.Cl. The van der Waals surface area contributed by atoms with Crippen LogP contribution in [-0.4, -0.2) is 18.8 Å². The van der Waals surface area contributed by atoms with Gasteiger partial charge in [0.2, 0.25) is 0 Å². The van der Waals surface area contributed by atoms with Gasteiger partial charge in [-0.05, 0) is 18.6 Å². The van der Waals surface area contributed by atoms with E-state index in [1.54, 1.807) is 12.1 Å². The lowest BCUT2D eigenvalue weighted by atomic mass is 10.0. The number of ether oxygens (including phenoxy) is 1. The van der Waals surface area contributed by atoms with E-state index in [2.05, 4.69) is 0 Å². The fourth-order valence-corrected chi connectivity index (χ4v) is 1.34. The molecule has 0 amide bonds. The van der Waals surface area contributed by atoms with Crippen LogP contribution in [-0.2, 0) is 0 Å². The van der Waals surface area contributed by atoms with Crippen molar-refractivity contribution in [2.75, 3.05) is 13.7 Å². The third kappa shape index (κ3) is 3.34. The Morgan fingerprint density at radius 1 is 1.53 bits per heavy atom. The van der Waals surface area contributed by atoms with Gasteiger partial charge in [0, 0.05) is 18.2 Å². The molecule has 0 saturated carbocycles. The average molecular weight is 236 g/mol. The molecule has 5 heteroatoms. The Hall–Kier alpha value is -0.840. The van der Waals surface area contributed by atoms with Gasteiger partial charge in [0.25, 0.3) is 0 Å². The smallest absolute Gasteiger partial charge is 0.131 e. The maximum absolute atomic E-state index is 13.4. The van der Waals surface area contributed by atoms with Crippen LogP contribution < -0.4 is 10.5 Å². The van der Waals surface area contributed by atoms with Crippen LogP contribution in [0.1, 0.15) is 18.0 Å². The highest BCUT2D eigenvalue weighted by Crippen LogP contribution is 2.27. The van der Waals surface area contributed by atoms with E-state index in [1.165, 1.54) is 13.2 Å². The Balaban J connectivity index is 0.00000196. The van der Waals surface area contributed by atoms with Crippen molar-refractivity contribution in [1.82, 2.24) is 0 Å². The molecular weight excluding hydrogens is 221 g/mol. The first-order chi connectivity index (χ1) is 6.70. The van der Waals surface area contributed by atoms with Crippen molar-refractivity contribution in [1.29, 1.82) is 0 Å². The van der Waals surface area contributed by atoms with Crippen molar-refractivity contribution in [2.45, 2.75) is 12.5 Å². The van der Waals surface area contributed by atoms with Crippen molar-refractivity contribution in [3.63, 3.8) is 0 Å². The van der Waals surface area contributed by atoms with Gasteiger partial charge in [-0.15, -0.1) is 12.4 Å². The molecule has 1 unspecified atom stereocenters. The van der Waals surface area contributed by atoms with Gasteiger partial charge in [-0.25, -0.2) is 4.39 Å². The van der Waals surface area contributed by atoms with E-state index in [1.807, 2.05) is 0 Å². The van der Waals surface area contributed by atoms with Crippen molar-refractivity contribution in [3.8, 4) is 5.75 Å². The number of aliphatic hydroxyl groups excluding tert-OH is 1. The number of benzene rings is 1. The molecule has 0 bridgehead atoms. The fourth-order valence-electron chi connectivity index (χ4n) is 1.34. The molecule has 1 rings (SSSR count). The number of hydrogen-bond donors (Lipinski definition) is 2. The van der Waals surface area contributed by atoms with Crippen molar-refractivity contribution in [3.05, 3.63) is 29.6 Å². The Kier molecular flexibility index (Phi) is 6.24. The lowest BCUT2D eigenvalue weighted by Gasteiger charge is -2.15. The maximum Gasteiger partial charge on any atom is 0.131 e. The molecular formula is C10H15ClFNO2. The lowest BCUT2D eigenvalue weighted by molar-refractivity contribution is 0.273. The topological polar surface area (TPSA) is 55.5 Å². The average Bonchev–Trinajstić information content (AvgIpc) is 2.17. The molecule has 0 aliphatic carbocycles. The Bertz CT molecular complexity index is 309. The number of hydrogen-bond acceptors (Lipinski definition) is 3. The summed E-state index contributed by atoms with van der Waals surface area (Å²) in [7, 11) is 1.46. The van der Waals surface area contributed by atoms with Gasteiger partial charge in [-0.1, -0.05) is 6.07 Å². The third-order valence-corrected chi connectivity index (χ3v) is 2.04. The van der Waals surface area contributed by atoms with Crippen LogP contribution in [0.25, 0.3) is 0 Å². The van der Waals surface area contributed by atoms with Crippen molar-refractivity contribution < 1.29 is 14.2 Å². The Morgan fingerprint density at radius 3 is 2.73 bits per heavy atom. The summed E-state index contributed by atoms with van der Waals surface area (Å²) >= 11 is 0. The van der Waals surface area contributed by atoms with Gasteiger partial charge in [0.1, 0.15) is 11.6 Å². The maximum atomic E-state index is 13.4. The molecule has 86 valence electrons. The summed E-state index contributed by atoms with van der Waals surface area (Å²) < 4.78 is 18.4. The first-order valence-corrected chi connectivity index (χ1v) is 4.39. The zero-order chi connectivity index (χ0) is 10.6. The van der Waals surface area contributed by atoms with Crippen LogP contribution in [0.4, 0.5) is 4.39 Å². The number of halogens is 2. The van der Waals surface area contributed by atoms with Gasteiger partial charge >= 0.3 is 0 Å². The second-order valence-corrected chi connectivity index (χ2v) is 2.97. The van der Waals surface area contributed by atoms with E-state index in [0.29, 0.717) is 17.7 Å². The minimum Gasteiger partial charge on any atom is -0.496 e. The van der Waals surface area contributed by atoms with Gasteiger partial charge in [-0.3, -0.25) is 0 Å². The second kappa shape index (κ2) is 6.61. The minimum absolute atomic E-state index is 0. The van der Waals surface area contributed by atoms with Crippen LogP contribution >= 0.6 is 12.4 Å². The predicted molar refractivity (Wildman–Crippen MR) is 58.8 cm³/mol. The fraction of sp³-hybridized carbons (Fsp3) is 0.400. The zero-order valence-electron chi connectivity index (χ0n) is 8.44. The summed E-state index contributed by atoms with van der Waals surface area (Å²) in [6.07, 6.45) is 0.317. The molecule has 0 heterocycles. The number of rotatable bonds is 4. The molecule has 1 aromatic carbocycles. The summed E-state index contributed by atoms with van der Waals surface area (Å²) in [6, 6.07) is 4.00. The molecule has 15 heavy (non-hydrogen) atoms. The summed E-state index contributed by atoms with van der Waals surface area (Å²) in [5.41, 5.74) is 6.03. The van der Waals surface area contributed by atoms with Gasteiger partial charge in [0.05, 0.1) is 7.11 Å². The van der Waals surface area contributed by atoms with Crippen LogP contribution in [0.3, 0.4) is 0 Å². The summed E-state index contributed by atoms with van der Waals surface area (Å²) in [5, 5.41) is 8.71. The zero-order valence-corrected chi connectivity index (χ0v) is 9.26. The lowest BCUT2D eigenvalue weighted by Crippen LogP contribution is -2.14. The van der Waals surface area contributed by atoms with Gasteiger partial charge < -0.3 is 15.6 Å². The first-order valence-electron chi connectivity index (χ1n) is 4.39. The van der Waals surface area contributed by atoms with Crippen LogP contribution in [0, 0.1) is 5.82 Å². The number of aliphatic hydroxyl groups is 1. The van der Waals surface area contributed by atoms with E-state index in [-0.39, 0.29) is 19.0 Å². The standard InChI is InChI=1S/C10H14FNO2.ClH/c1-14-9-4-2-3-7(11)10(9)8(12)5-6-13;/h2-4,8,13H,5-6,12H2,1H3;1H. The molecule has 1 aromatic rings. The molecule has 0 fully saturated rings. The molecule has 0 aliphatic rings. The molecule has 0 saturated heterocycles. The van der Waals surface area contributed by atoms with E-state index >= 15 is 0 Å². The molecule has 0 radical (unpaired) electrons. The summed E-state index contributed by atoms with van der Waals surface area (Å²) in [6.45, 7) is -0.0708. The van der Waals surface area contributed by atoms with Crippen molar-refractivity contribution >= 4 is 12.4 Å². The highest BCUT2D eigenvalue weighted by molar-refractivity contribution is 5.85. The molecule has 3 nitrogen and oxygen atoms in total. The largest absolute Gasteiger partial charge is 0.496 e. The van der Waals surface area contributed by atoms with Gasteiger partial charge in [0.15, 0.2) is 0 Å². The van der Waals surface area contributed by atoms with Crippen molar-refractivity contribution in [2.24, 2.45) is 5.73 Å². The summed E-state index contributed by atoms with van der Waals surface area (Å²) in [5.74, 6) is 0.0243. The van der Waals surface area contributed by atoms with Gasteiger partial charge in [-0.2, -0.15) is 0 Å². The highest BCUT2D eigenvalue weighted by Gasteiger charge is 2.15. The Morgan fingerprint density at radius 2 is 2.20 bits per heavy atom. The van der Waals surface area contributed by atoms with Crippen LogP contribution in [0.5, 0.6) is 5.75 Å². The first kappa shape index (κ1) is 14.2. The monoisotopic (exact) mass is 235 g/mol. The number of methoxy groups -OCH3 is 1.